The summed E-state index contributed by atoms with van der Waals surface area (Å²) in [5.41, 5.74) is 0.444. The van der Waals surface area contributed by atoms with Gasteiger partial charge >= 0.3 is 0 Å². The molecule has 1 unspecified atom stereocenters. The highest BCUT2D eigenvalue weighted by Gasteiger charge is 2.28. The van der Waals surface area contributed by atoms with E-state index in [0.29, 0.717) is 18.3 Å². The van der Waals surface area contributed by atoms with Crippen molar-refractivity contribution < 1.29 is 9.18 Å². The molecule has 116 valence electrons. The van der Waals surface area contributed by atoms with Crippen molar-refractivity contribution in [2.75, 3.05) is 18.4 Å². The van der Waals surface area contributed by atoms with Crippen LogP contribution in [0, 0.1) is 5.82 Å². The number of anilines is 1. The zero-order valence-electron chi connectivity index (χ0n) is 11.9. The van der Waals surface area contributed by atoms with Crippen molar-refractivity contribution in [1.82, 2.24) is 4.90 Å². The molecular weight excluding hydrogens is 323 g/mol. The average molecular weight is 339 g/mol. The van der Waals surface area contributed by atoms with Gasteiger partial charge in [0.15, 0.2) is 0 Å². The van der Waals surface area contributed by atoms with Crippen LogP contribution in [-0.4, -0.2) is 23.9 Å². The third-order valence-electron chi connectivity index (χ3n) is 3.79. The van der Waals surface area contributed by atoms with Gasteiger partial charge in [0.05, 0.1) is 17.3 Å². The van der Waals surface area contributed by atoms with Gasteiger partial charge in [0, 0.05) is 10.9 Å². The summed E-state index contributed by atoms with van der Waals surface area (Å²) >= 11 is 7.66. The second kappa shape index (κ2) is 6.77. The van der Waals surface area contributed by atoms with E-state index in [4.69, 9.17) is 11.6 Å². The molecule has 2 heterocycles. The maximum absolute atomic E-state index is 13.0. The Hall–Kier alpha value is -1.43. The first kappa shape index (κ1) is 15.5. The highest BCUT2D eigenvalue weighted by molar-refractivity contribution is 7.10. The van der Waals surface area contributed by atoms with Crippen LogP contribution in [0.2, 0.25) is 5.02 Å². The summed E-state index contributed by atoms with van der Waals surface area (Å²) in [6.45, 7) is 1.23. The van der Waals surface area contributed by atoms with Crippen molar-refractivity contribution >= 4 is 34.5 Å². The Kier molecular flexibility index (Phi) is 4.76. The maximum atomic E-state index is 13.0. The fraction of sp³-hybridized carbons (Fsp3) is 0.312. The number of nitrogens with one attached hydrogen (secondary N) is 1. The molecule has 0 saturated carbocycles. The topological polar surface area (TPSA) is 32.3 Å². The molecule has 0 bridgehead atoms. The Morgan fingerprint density at radius 2 is 2.32 bits per heavy atom. The standard InChI is InChI=1S/C16H16ClFN2OS/c17-12-9-11(18)5-6-13(12)19-16(21)10-20-7-1-3-14(20)15-4-2-8-22-15/h2,4-6,8-9,14H,1,3,7,10H2,(H,19,21). The number of benzene rings is 1. The van der Waals surface area contributed by atoms with Crippen LogP contribution in [0.1, 0.15) is 23.8 Å². The Bertz CT molecular complexity index is 662. The van der Waals surface area contributed by atoms with Crippen LogP contribution >= 0.6 is 22.9 Å². The van der Waals surface area contributed by atoms with Crippen molar-refractivity contribution in [1.29, 1.82) is 0 Å². The van der Waals surface area contributed by atoms with Gasteiger partial charge in [-0.15, -0.1) is 11.3 Å². The number of carbonyl (C=O) groups excluding carboxylic acids is 1. The summed E-state index contributed by atoms with van der Waals surface area (Å²) < 4.78 is 13.0. The minimum absolute atomic E-state index is 0.128. The lowest BCUT2D eigenvalue weighted by molar-refractivity contribution is -0.117. The van der Waals surface area contributed by atoms with E-state index in [0.717, 1.165) is 19.4 Å². The summed E-state index contributed by atoms with van der Waals surface area (Å²) in [6.07, 6.45) is 2.16. The Balaban J connectivity index is 1.64. The number of hydrogen-bond donors (Lipinski definition) is 1. The number of rotatable bonds is 4. The Morgan fingerprint density at radius 3 is 3.05 bits per heavy atom. The van der Waals surface area contributed by atoms with Crippen LogP contribution in [0.15, 0.2) is 35.7 Å². The fourth-order valence-electron chi connectivity index (χ4n) is 2.78. The molecule has 1 fully saturated rings. The Morgan fingerprint density at radius 1 is 1.45 bits per heavy atom. The molecule has 1 amide bonds. The molecule has 1 aromatic carbocycles. The van der Waals surface area contributed by atoms with Gasteiger partial charge in [-0.2, -0.15) is 0 Å². The molecule has 3 nitrogen and oxygen atoms in total. The van der Waals surface area contributed by atoms with Gasteiger partial charge in [-0.25, -0.2) is 4.39 Å². The minimum atomic E-state index is -0.416. The van der Waals surface area contributed by atoms with Gasteiger partial charge in [0.2, 0.25) is 5.91 Å². The number of nitrogens with zero attached hydrogens (tertiary/aromatic N) is 1. The van der Waals surface area contributed by atoms with Gasteiger partial charge < -0.3 is 5.32 Å². The van der Waals surface area contributed by atoms with Gasteiger partial charge in [-0.05, 0) is 49.0 Å². The van der Waals surface area contributed by atoms with E-state index < -0.39 is 5.82 Å². The first-order valence-corrected chi connectivity index (χ1v) is 8.41. The monoisotopic (exact) mass is 338 g/mol. The van der Waals surface area contributed by atoms with E-state index in [1.54, 1.807) is 11.3 Å². The van der Waals surface area contributed by atoms with E-state index in [2.05, 4.69) is 21.7 Å². The molecule has 22 heavy (non-hydrogen) atoms. The van der Waals surface area contributed by atoms with Crippen LogP contribution in [-0.2, 0) is 4.79 Å². The lowest BCUT2D eigenvalue weighted by Gasteiger charge is -2.23. The largest absolute Gasteiger partial charge is 0.324 e. The van der Waals surface area contributed by atoms with Crippen LogP contribution in [0.3, 0.4) is 0 Å². The van der Waals surface area contributed by atoms with Crippen LogP contribution in [0.25, 0.3) is 0 Å². The second-order valence-corrected chi connectivity index (χ2v) is 6.70. The summed E-state index contributed by atoms with van der Waals surface area (Å²) in [7, 11) is 0. The molecule has 6 heteroatoms. The van der Waals surface area contributed by atoms with E-state index in [1.165, 1.54) is 23.1 Å². The zero-order chi connectivity index (χ0) is 15.5. The van der Waals surface area contributed by atoms with Crippen molar-refractivity contribution in [3.05, 3.63) is 51.4 Å². The van der Waals surface area contributed by atoms with Gasteiger partial charge in [0.25, 0.3) is 0 Å². The SMILES string of the molecule is O=C(CN1CCCC1c1cccs1)Nc1ccc(F)cc1Cl. The fourth-order valence-corrected chi connectivity index (χ4v) is 3.89. The van der Waals surface area contributed by atoms with Crippen molar-refractivity contribution in [3.63, 3.8) is 0 Å². The highest BCUT2D eigenvalue weighted by atomic mass is 35.5. The number of hydrogen-bond acceptors (Lipinski definition) is 3. The lowest BCUT2D eigenvalue weighted by Crippen LogP contribution is -2.32. The molecule has 2 aromatic rings. The summed E-state index contributed by atoms with van der Waals surface area (Å²) in [5, 5.41) is 5.03. The second-order valence-electron chi connectivity index (χ2n) is 5.32. The van der Waals surface area contributed by atoms with Crippen molar-refractivity contribution in [2.24, 2.45) is 0 Å². The van der Waals surface area contributed by atoms with E-state index in [-0.39, 0.29) is 10.9 Å². The molecule has 1 aromatic heterocycles. The van der Waals surface area contributed by atoms with Gasteiger partial charge in [-0.1, -0.05) is 17.7 Å². The van der Waals surface area contributed by atoms with E-state index in [1.807, 2.05) is 6.07 Å². The third kappa shape index (κ3) is 3.48. The molecular formula is C16H16ClFN2OS. The molecule has 1 atom stereocenters. The number of thiophene rings is 1. The smallest absolute Gasteiger partial charge is 0.238 e. The molecule has 0 spiro atoms. The molecule has 1 saturated heterocycles. The molecule has 1 N–H and O–H groups in total. The quantitative estimate of drug-likeness (QED) is 0.900. The number of halogens is 2. The first-order chi connectivity index (χ1) is 10.6. The Labute approximate surface area is 137 Å². The molecule has 1 aliphatic rings. The molecule has 0 radical (unpaired) electrons. The minimum Gasteiger partial charge on any atom is -0.324 e. The normalized spacial score (nSPS) is 18.5. The van der Waals surface area contributed by atoms with Crippen molar-refractivity contribution in [3.8, 4) is 0 Å². The van der Waals surface area contributed by atoms with Crippen LogP contribution in [0.5, 0.6) is 0 Å². The van der Waals surface area contributed by atoms with Crippen LogP contribution in [0.4, 0.5) is 10.1 Å². The first-order valence-electron chi connectivity index (χ1n) is 7.16. The number of carbonyl (C=O) groups is 1. The van der Waals surface area contributed by atoms with Crippen LogP contribution < -0.4 is 5.32 Å². The number of likely N-dealkylation sites (tertiary alicyclic amines) is 1. The molecule has 3 rings (SSSR count). The maximum Gasteiger partial charge on any atom is 0.238 e. The highest BCUT2D eigenvalue weighted by Crippen LogP contribution is 2.34. The molecule has 0 aliphatic carbocycles. The van der Waals surface area contributed by atoms with E-state index in [9.17, 15) is 9.18 Å². The zero-order valence-corrected chi connectivity index (χ0v) is 13.5. The number of amides is 1. The molecule has 1 aliphatic heterocycles. The lowest BCUT2D eigenvalue weighted by atomic mass is 10.2. The predicted octanol–water partition coefficient (Wildman–Crippen LogP) is 4.32. The average Bonchev–Trinajstić information content (AvgIpc) is 3.12. The summed E-state index contributed by atoms with van der Waals surface area (Å²) in [5.74, 6) is -0.544. The summed E-state index contributed by atoms with van der Waals surface area (Å²) in [6, 6.07) is 8.43. The predicted molar refractivity (Wildman–Crippen MR) is 87.9 cm³/mol. The van der Waals surface area contributed by atoms with Gasteiger partial charge in [0.1, 0.15) is 5.82 Å². The van der Waals surface area contributed by atoms with E-state index >= 15 is 0 Å². The third-order valence-corrected chi connectivity index (χ3v) is 5.07. The summed E-state index contributed by atoms with van der Waals surface area (Å²) in [4.78, 5) is 15.7. The van der Waals surface area contributed by atoms with Gasteiger partial charge in [-0.3, -0.25) is 9.69 Å². The van der Waals surface area contributed by atoms with Crippen molar-refractivity contribution in [2.45, 2.75) is 18.9 Å².